The van der Waals surface area contributed by atoms with Crippen molar-refractivity contribution in [3.05, 3.63) is 59.9 Å². The summed E-state index contributed by atoms with van der Waals surface area (Å²) in [6, 6.07) is 10.9. The molecule has 0 spiro atoms. The van der Waals surface area contributed by atoms with Crippen molar-refractivity contribution < 1.29 is 32.2 Å². The van der Waals surface area contributed by atoms with Crippen molar-refractivity contribution in [1.82, 2.24) is 19.9 Å². The van der Waals surface area contributed by atoms with Gasteiger partial charge >= 0.3 is 12.1 Å². The number of ether oxygens (including phenoxy) is 2. The number of esters is 1. The van der Waals surface area contributed by atoms with E-state index in [2.05, 4.69) is 19.5 Å². The molecule has 1 unspecified atom stereocenters. The molecule has 2 fully saturated rings. The fourth-order valence-corrected chi connectivity index (χ4v) is 5.57. The van der Waals surface area contributed by atoms with Crippen molar-refractivity contribution in [3.8, 4) is 11.3 Å². The molecule has 1 atom stereocenters. The Morgan fingerprint density at radius 2 is 1.86 bits per heavy atom. The van der Waals surface area contributed by atoms with E-state index in [1.807, 2.05) is 18.2 Å². The normalized spacial score (nSPS) is 19.0. The lowest BCUT2D eigenvalue weighted by molar-refractivity contribution is -0.206. The fraction of sp³-hybridized carbons (Fsp3) is 0.414. The van der Waals surface area contributed by atoms with Crippen LogP contribution in [-0.4, -0.2) is 89.9 Å². The lowest BCUT2D eigenvalue weighted by Gasteiger charge is -2.32. The van der Waals surface area contributed by atoms with Gasteiger partial charge in [0.25, 0.3) is 5.91 Å². The van der Waals surface area contributed by atoms with Crippen LogP contribution in [0.4, 0.5) is 30.6 Å². The number of carbonyl (C=O) groups excluding carboxylic acids is 2. The zero-order valence-electron chi connectivity index (χ0n) is 22.7. The van der Waals surface area contributed by atoms with Gasteiger partial charge in [0.2, 0.25) is 5.95 Å². The van der Waals surface area contributed by atoms with Crippen LogP contribution >= 0.6 is 0 Å². The highest BCUT2D eigenvalue weighted by atomic mass is 19.4. The van der Waals surface area contributed by atoms with Gasteiger partial charge in [-0.05, 0) is 43.5 Å². The van der Waals surface area contributed by atoms with Crippen molar-refractivity contribution in [3.63, 3.8) is 0 Å². The van der Waals surface area contributed by atoms with E-state index in [1.54, 1.807) is 30.6 Å². The van der Waals surface area contributed by atoms with Gasteiger partial charge in [0.15, 0.2) is 0 Å². The van der Waals surface area contributed by atoms with E-state index in [4.69, 9.17) is 14.7 Å². The zero-order chi connectivity index (χ0) is 29.3. The first-order valence-corrected chi connectivity index (χ1v) is 13.9. The molecule has 0 radical (unpaired) electrons. The highest BCUT2D eigenvalue weighted by Crippen LogP contribution is 2.39. The van der Waals surface area contributed by atoms with E-state index in [0.29, 0.717) is 63.7 Å². The molecular weight excluding hydrogens is 553 g/mol. The summed E-state index contributed by atoms with van der Waals surface area (Å²) >= 11 is 0. The molecule has 2 saturated heterocycles. The minimum absolute atomic E-state index is 0.102. The molecule has 13 heteroatoms. The van der Waals surface area contributed by atoms with Crippen molar-refractivity contribution >= 4 is 29.3 Å². The molecule has 5 heterocycles. The van der Waals surface area contributed by atoms with Crippen LogP contribution < -0.4 is 9.80 Å². The summed E-state index contributed by atoms with van der Waals surface area (Å²) in [6.07, 6.45) is -1.20. The van der Waals surface area contributed by atoms with Gasteiger partial charge in [-0.25, -0.2) is 9.78 Å². The Morgan fingerprint density at radius 3 is 2.62 bits per heavy atom. The Morgan fingerprint density at radius 1 is 1.02 bits per heavy atom. The highest BCUT2D eigenvalue weighted by Gasteiger charge is 2.43. The summed E-state index contributed by atoms with van der Waals surface area (Å²) in [7, 11) is 0. The molecule has 2 aromatic heterocycles. The number of piperidine rings is 1. The molecule has 0 bridgehead atoms. The van der Waals surface area contributed by atoms with Gasteiger partial charge in [-0.3, -0.25) is 9.78 Å². The Balaban J connectivity index is 1.31. The molecule has 3 aliphatic rings. The monoisotopic (exact) mass is 582 g/mol. The number of alkyl halides is 3. The van der Waals surface area contributed by atoms with E-state index in [1.165, 1.54) is 4.90 Å². The van der Waals surface area contributed by atoms with Gasteiger partial charge in [-0.1, -0.05) is 12.1 Å². The number of likely N-dealkylation sites (tertiary alicyclic amines) is 1. The van der Waals surface area contributed by atoms with Crippen LogP contribution in [0.15, 0.2) is 48.8 Å². The maximum Gasteiger partial charge on any atom is 0.490 e. The smallest absolute Gasteiger partial charge is 0.454 e. The maximum atomic E-state index is 13.5. The fourth-order valence-electron chi connectivity index (χ4n) is 5.57. The molecule has 0 N–H and O–H groups in total. The minimum atomic E-state index is -5.08. The highest BCUT2D eigenvalue weighted by molar-refractivity contribution is 5.96. The van der Waals surface area contributed by atoms with Crippen molar-refractivity contribution in [2.24, 2.45) is 0 Å². The maximum absolute atomic E-state index is 13.5. The molecule has 6 rings (SSSR count). The largest absolute Gasteiger partial charge is 0.490 e. The molecule has 3 aliphatic heterocycles. The first-order chi connectivity index (χ1) is 20.3. The van der Waals surface area contributed by atoms with Crippen LogP contribution in [0.25, 0.3) is 11.3 Å². The minimum Gasteiger partial charge on any atom is -0.454 e. The Bertz CT molecular complexity index is 1470. The average molecular weight is 583 g/mol. The molecule has 220 valence electrons. The van der Waals surface area contributed by atoms with Gasteiger partial charge in [-0.15, -0.1) is 0 Å². The SMILES string of the molecule is O=C(c1cccc(-c2nc(N3CCOCC3)nc3c2CCN3c2cccnc2)c1)N1CCCC(OC(=O)C(F)(F)F)C1. The molecular formula is C29H29F3N6O4. The number of anilines is 3. The van der Waals surface area contributed by atoms with Crippen LogP contribution in [0.2, 0.25) is 0 Å². The van der Waals surface area contributed by atoms with Crippen molar-refractivity contribution in [2.75, 3.05) is 55.7 Å². The van der Waals surface area contributed by atoms with Crippen LogP contribution in [0.3, 0.4) is 0 Å². The second-order valence-corrected chi connectivity index (χ2v) is 10.4. The number of hydrogen-bond donors (Lipinski definition) is 0. The summed E-state index contributed by atoms with van der Waals surface area (Å²) < 4.78 is 48.3. The Hall–Kier alpha value is -4.26. The van der Waals surface area contributed by atoms with Crippen LogP contribution in [-0.2, 0) is 20.7 Å². The van der Waals surface area contributed by atoms with E-state index in [-0.39, 0.29) is 18.9 Å². The standard InChI is InChI=1S/C29H29F3N6O4/c30-29(31,32)27(40)42-22-7-3-10-37(18-22)26(39)20-5-1-4-19(16-20)24-23-8-11-38(21-6-2-9-33-17-21)25(23)35-28(34-24)36-12-14-41-15-13-36/h1-2,4-6,9,16-17,22H,3,7-8,10-15,18H2. The van der Waals surface area contributed by atoms with Gasteiger partial charge in [0.1, 0.15) is 11.9 Å². The predicted molar refractivity (Wildman–Crippen MR) is 147 cm³/mol. The first-order valence-electron chi connectivity index (χ1n) is 13.9. The van der Waals surface area contributed by atoms with E-state index >= 15 is 0 Å². The third-order valence-corrected chi connectivity index (χ3v) is 7.62. The lowest BCUT2D eigenvalue weighted by atomic mass is 10.0. The number of halogens is 3. The lowest BCUT2D eigenvalue weighted by Crippen LogP contribution is -2.45. The first kappa shape index (κ1) is 27.9. The number of hydrogen-bond acceptors (Lipinski definition) is 9. The van der Waals surface area contributed by atoms with E-state index in [9.17, 15) is 22.8 Å². The third-order valence-electron chi connectivity index (χ3n) is 7.62. The number of benzene rings is 1. The molecule has 1 aromatic carbocycles. The topological polar surface area (TPSA) is 101 Å². The van der Waals surface area contributed by atoms with Gasteiger partial charge in [-0.2, -0.15) is 18.2 Å². The van der Waals surface area contributed by atoms with Gasteiger partial charge in [0, 0.05) is 49.1 Å². The number of pyridine rings is 1. The number of carbonyl (C=O) groups is 2. The second-order valence-electron chi connectivity index (χ2n) is 10.4. The summed E-state index contributed by atoms with van der Waals surface area (Å²) in [5, 5.41) is 0. The summed E-state index contributed by atoms with van der Waals surface area (Å²) in [5.74, 6) is -1.22. The van der Waals surface area contributed by atoms with Gasteiger partial charge < -0.3 is 24.2 Å². The summed E-state index contributed by atoms with van der Waals surface area (Å²) in [5.41, 5.74) is 3.70. The number of amides is 1. The Labute approximate surface area is 240 Å². The van der Waals surface area contributed by atoms with Crippen molar-refractivity contribution in [1.29, 1.82) is 0 Å². The van der Waals surface area contributed by atoms with Crippen LogP contribution in [0, 0.1) is 0 Å². The number of nitrogens with zero attached hydrogens (tertiary/aromatic N) is 6. The Kier molecular flexibility index (Phi) is 7.67. The zero-order valence-corrected chi connectivity index (χ0v) is 22.7. The van der Waals surface area contributed by atoms with Gasteiger partial charge in [0.05, 0.1) is 37.3 Å². The summed E-state index contributed by atoms with van der Waals surface area (Å²) in [6.45, 7) is 3.39. The van der Waals surface area contributed by atoms with Crippen LogP contribution in [0.1, 0.15) is 28.8 Å². The predicted octanol–water partition coefficient (Wildman–Crippen LogP) is 3.78. The average Bonchev–Trinajstić information content (AvgIpc) is 3.45. The van der Waals surface area contributed by atoms with E-state index in [0.717, 1.165) is 28.3 Å². The molecule has 0 aliphatic carbocycles. The quantitative estimate of drug-likeness (QED) is 0.416. The number of morpholine rings is 1. The molecule has 0 saturated carbocycles. The third kappa shape index (κ3) is 5.73. The molecule has 1 amide bonds. The second kappa shape index (κ2) is 11.6. The number of aromatic nitrogens is 3. The van der Waals surface area contributed by atoms with Crippen LogP contribution in [0.5, 0.6) is 0 Å². The molecule has 10 nitrogen and oxygen atoms in total. The number of fused-ring (bicyclic) bond motifs is 1. The summed E-state index contributed by atoms with van der Waals surface area (Å²) in [4.78, 5) is 44.7. The van der Waals surface area contributed by atoms with Crippen molar-refractivity contribution in [2.45, 2.75) is 31.5 Å². The molecule has 42 heavy (non-hydrogen) atoms. The number of rotatable bonds is 5. The van der Waals surface area contributed by atoms with E-state index < -0.39 is 18.2 Å². The molecule has 3 aromatic rings.